The molecule has 10 heteroatoms. The maximum absolute atomic E-state index is 11.3. The van der Waals surface area contributed by atoms with Crippen molar-refractivity contribution in [2.45, 2.75) is 37.6 Å². The van der Waals surface area contributed by atoms with Crippen molar-refractivity contribution in [3.05, 3.63) is 34.4 Å². The molecule has 0 bridgehead atoms. The molecule has 1 saturated heterocycles. The highest BCUT2D eigenvalue weighted by atomic mass is 16.7. The number of aliphatic hydroxyl groups excluding tert-OH is 3. The molecule has 10 nitrogen and oxygen atoms in total. The lowest BCUT2D eigenvalue weighted by atomic mass is 9.97. The van der Waals surface area contributed by atoms with Crippen molar-refractivity contribution in [1.29, 1.82) is 0 Å². The van der Waals surface area contributed by atoms with Crippen molar-refractivity contribution in [3.8, 4) is 5.75 Å². The van der Waals surface area contributed by atoms with Gasteiger partial charge in [-0.3, -0.25) is 14.9 Å². The molecule has 1 amide bonds. The molecule has 1 aliphatic heterocycles. The Morgan fingerprint density at radius 2 is 1.96 bits per heavy atom. The smallest absolute Gasteiger partial charge is 0.269 e. The largest absolute Gasteiger partial charge is 0.463 e. The Morgan fingerprint density at radius 3 is 2.46 bits per heavy atom. The minimum atomic E-state index is -1.43. The molecule has 1 aromatic carbocycles. The number of nitro groups is 1. The van der Waals surface area contributed by atoms with Crippen LogP contribution < -0.4 is 10.1 Å². The standard InChI is InChI=1S/C14H18N2O8/c1-7(18)15-11-13(20)12(19)10(6-17)24-14(11)23-9-4-2-8(3-5-9)16(21)22/h2-5,10-14,17,19-20H,6H2,1H3,(H,15,18)/t10-,11+,12-,13+,14+/m0/s1. The molecular weight excluding hydrogens is 324 g/mol. The summed E-state index contributed by atoms with van der Waals surface area (Å²) in [6, 6.07) is 4.02. The minimum Gasteiger partial charge on any atom is -0.463 e. The van der Waals surface area contributed by atoms with Gasteiger partial charge in [-0.1, -0.05) is 0 Å². The molecule has 0 saturated carbocycles. The van der Waals surface area contributed by atoms with Gasteiger partial charge in [0.25, 0.3) is 5.69 Å². The van der Waals surface area contributed by atoms with E-state index < -0.39 is 48.1 Å². The average Bonchev–Trinajstić information content (AvgIpc) is 2.54. The van der Waals surface area contributed by atoms with Gasteiger partial charge in [0.15, 0.2) is 0 Å². The predicted molar refractivity (Wildman–Crippen MR) is 79.1 cm³/mol. The number of non-ortho nitro benzene ring substituents is 1. The normalized spacial score (nSPS) is 29.8. The summed E-state index contributed by atoms with van der Waals surface area (Å²) in [7, 11) is 0. The van der Waals surface area contributed by atoms with Crippen LogP contribution in [0.4, 0.5) is 5.69 Å². The van der Waals surface area contributed by atoms with E-state index in [1.807, 2.05) is 0 Å². The van der Waals surface area contributed by atoms with Crippen LogP contribution >= 0.6 is 0 Å². The second kappa shape index (κ2) is 7.53. The lowest BCUT2D eigenvalue weighted by Gasteiger charge is -2.42. The number of rotatable bonds is 5. The number of amides is 1. The zero-order valence-corrected chi connectivity index (χ0v) is 12.7. The van der Waals surface area contributed by atoms with Gasteiger partial charge in [0, 0.05) is 19.1 Å². The molecule has 24 heavy (non-hydrogen) atoms. The number of hydrogen-bond donors (Lipinski definition) is 4. The van der Waals surface area contributed by atoms with E-state index in [1.165, 1.54) is 31.2 Å². The Balaban J connectivity index is 2.19. The number of nitro benzene ring substituents is 1. The molecule has 0 radical (unpaired) electrons. The fourth-order valence-corrected chi connectivity index (χ4v) is 2.35. The molecule has 2 rings (SSSR count). The van der Waals surface area contributed by atoms with Crippen LogP contribution in [0.1, 0.15) is 6.92 Å². The van der Waals surface area contributed by atoms with Gasteiger partial charge >= 0.3 is 0 Å². The minimum absolute atomic E-state index is 0.131. The van der Waals surface area contributed by atoms with Crippen LogP contribution in [0, 0.1) is 10.1 Å². The molecule has 5 atom stereocenters. The number of carbonyl (C=O) groups is 1. The Bertz CT molecular complexity index is 593. The maximum atomic E-state index is 11.3. The zero-order valence-electron chi connectivity index (χ0n) is 12.7. The molecule has 4 N–H and O–H groups in total. The molecule has 0 spiro atoms. The first-order valence-corrected chi connectivity index (χ1v) is 7.14. The maximum Gasteiger partial charge on any atom is 0.269 e. The number of hydrogen-bond acceptors (Lipinski definition) is 8. The van der Waals surface area contributed by atoms with Crippen LogP contribution in [0.3, 0.4) is 0 Å². The second-order valence-corrected chi connectivity index (χ2v) is 5.30. The molecule has 1 heterocycles. The molecule has 0 aromatic heterocycles. The Kier molecular flexibility index (Phi) is 5.67. The van der Waals surface area contributed by atoms with Crippen LogP contribution in [0.15, 0.2) is 24.3 Å². The number of benzene rings is 1. The zero-order chi connectivity index (χ0) is 17.9. The van der Waals surface area contributed by atoms with Crippen molar-refractivity contribution in [2.24, 2.45) is 0 Å². The van der Waals surface area contributed by atoms with Gasteiger partial charge in [0.2, 0.25) is 12.2 Å². The molecule has 1 aliphatic rings. The first-order valence-electron chi connectivity index (χ1n) is 7.14. The Morgan fingerprint density at radius 1 is 1.33 bits per heavy atom. The highest BCUT2D eigenvalue weighted by Gasteiger charge is 2.46. The van der Waals surface area contributed by atoms with E-state index in [0.29, 0.717) is 0 Å². The van der Waals surface area contributed by atoms with Crippen molar-refractivity contribution < 1.29 is 34.5 Å². The molecule has 132 valence electrons. The summed E-state index contributed by atoms with van der Waals surface area (Å²) >= 11 is 0. The first kappa shape index (κ1) is 18.1. The van der Waals surface area contributed by atoms with E-state index in [-0.39, 0.29) is 11.4 Å². The van der Waals surface area contributed by atoms with Crippen molar-refractivity contribution >= 4 is 11.6 Å². The third kappa shape index (κ3) is 3.97. The second-order valence-electron chi connectivity index (χ2n) is 5.30. The summed E-state index contributed by atoms with van der Waals surface area (Å²) in [5.74, 6) is -0.282. The molecule has 1 aromatic rings. The van der Waals surface area contributed by atoms with Gasteiger partial charge < -0.3 is 30.1 Å². The van der Waals surface area contributed by atoms with Crippen LogP contribution in [-0.4, -0.2) is 63.4 Å². The third-order valence-corrected chi connectivity index (χ3v) is 3.55. The fraction of sp³-hybridized carbons (Fsp3) is 0.500. The first-order chi connectivity index (χ1) is 11.3. The van der Waals surface area contributed by atoms with Gasteiger partial charge in [-0.05, 0) is 12.1 Å². The van der Waals surface area contributed by atoms with E-state index >= 15 is 0 Å². The number of nitrogens with one attached hydrogen (secondary N) is 1. The van der Waals surface area contributed by atoms with E-state index in [1.54, 1.807) is 0 Å². The molecule has 0 unspecified atom stereocenters. The lowest BCUT2D eigenvalue weighted by molar-refractivity contribution is -0.384. The average molecular weight is 342 g/mol. The summed E-state index contributed by atoms with van der Waals surface area (Å²) in [5.41, 5.74) is -0.131. The van der Waals surface area contributed by atoms with Crippen LogP contribution in [0.5, 0.6) is 5.75 Å². The van der Waals surface area contributed by atoms with Gasteiger partial charge in [0.1, 0.15) is 30.1 Å². The van der Waals surface area contributed by atoms with E-state index in [9.17, 15) is 30.2 Å². The van der Waals surface area contributed by atoms with E-state index in [2.05, 4.69) is 5.32 Å². The molecule has 1 fully saturated rings. The lowest BCUT2D eigenvalue weighted by Crippen LogP contribution is -2.65. The summed E-state index contributed by atoms with van der Waals surface area (Å²) < 4.78 is 10.9. The van der Waals surface area contributed by atoms with Gasteiger partial charge in [0.05, 0.1) is 11.5 Å². The third-order valence-electron chi connectivity index (χ3n) is 3.55. The highest BCUT2D eigenvalue weighted by Crippen LogP contribution is 2.25. The highest BCUT2D eigenvalue weighted by molar-refractivity contribution is 5.73. The van der Waals surface area contributed by atoms with Gasteiger partial charge in [-0.25, -0.2) is 0 Å². The number of carbonyl (C=O) groups excluding carboxylic acids is 1. The van der Waals surface area contributed by atoms with Crippen LogP contribution in [-0.2, 0) is 9.53 Å². The van der Waals surface area contributed by atoms with Gasteiger partial charge in [-0.15, -0.1) is 0 Å². The predicted octanol–water partition coefficient (Wildman–Crippen LogP) is -1.08. The quantitative estimate of drug-likeness (QED) is 0.389. The number of nitrogens with zero attached hydrogens (tertiary/aromatic N) is 1. The Labute approximate surface area is 136 Å². The van der Waals surface area contributed by atoms with Crippen LogP contribution in [0.2, 0.25) is 0 Å². The summed E-state index contributed by atoms with van der Waals surface area (Å²) in [4.78, 5) is 21.4. The van der Waals surface area contributed by atoms with Crippen molar-refractivity contribution in [1.82, 2.24) is 5.32 Å². The summed E-state index contributed by atoms with van der Waals surface area (Å²) in [5, 5.41) is 42.3. The topological polar surface area (TPSA) is 151 Å². The summed E-state index contributed by atoms with van der Waals surface area (Å²) in [6.07, 6.45) is -5.15. The Hall–Kier alpha value is -2.27. The molecule has 0 aliphatic carbocycles. The summed E-state index contributed by atoms with van der Waals surface area (Å²) in [6.45, 7) is 0.658. The number of ether oxygens (including phenoxy) is 2. The number of aliphatic hydroxyl groups is 3. The van der Waals surface area contributed by atoms with Gasteiger partial charge in [-0.2, -0.15) is 0 Å². The van der Waals surface area contributed by atoms with E-state index in [4.69, 9.17) is 9.47 Å². The van der Waals surface area contributed by atoms with E-state index in [0.717, 1.165) is 0 Å². The van der Waals surface area contributed by atoms with Crippen molar-refractivity contribution in [3.63, 3.8) is 0 Å². The monoisotopic (exact) mass is 342 g/mol. The van der Waals surface area contributed by atoms with Crippen LogP contribution in [0.25, 0.3) is 0 Å². The SMILES string of the molecule is CC(=O)N[C@H]1[C@H](Oc2ccc([N+](=O)[O-])cc2)O[C@@H](CO)[C@H](O)[C@@H]1O. The molecular formula is C14H18N2O8. The van der Waals surface area contributed by atoms with Crippen molar-refractivity contribution in [2.75, 3.05) is 6.61 Å². The fourth-order valence-electron chi connectivity index (χ4n) is 2.35.